The van der Waals surface area contributed by atoms with Crippen LogP contribution in [0.5, 0.6) is 5.75 Å². The predicted molar refractivity (Wildman–Crippen MR) is 62.4 cm³/mol. The first kappa shape index (κ1) is 10.5. The minimum absolute atomic E-state index is 0.351. The van der Waals surface area contributed by atoms with E-state index < -0.39 is 0 Å². The van der Waals surface area contributed by atoms with Crippen LogP contribution in [-0.4, -0.2) is 19.2 Å². The molecule has 0 spiro atoms. The first-order chi connectivity index (χ1) is 7.19. The van der Waals surface area contributed by atoms with Gasteiger partial charge in [-0.15, -0.1) is 0 Å². The number of hydrogen-bond donors (Lipinski definition) is 1. The van der Waals surface area contributed by atoms with E-state index in [4.69, 9.17) is 4.74 Å². The molecule has 2 atom stereocenters. The molecular weight excluding hydrogens is 186 g/mol. The predicted octanol–water partition coefficient (Wildman–Crippen LogP) is 2.30. The van der Waals surface area contributed by atoms with Crippen LogP contribution in [0.3, 0.4) is 0 Å². The van der Waals surface area contributed by atoms with Crippen LogP contribution in [0.1, 0.15) is 24.5 Å². The molecule has 2 rings (SSSR count). The summed E-state index contributed by atoms with van der Waals surface area (Å²) in [6.07, 6.45) is 2.48. The Hall–Kier alpha value is -1.02. The lowest BCUT2D eigenvalue weighted by atomic mass is 10.0. The van der Waals surface area contributed by atoms with Crippen LogP contribution in [0, 0.1) is 6.92 Å². The summed E-state index contributed by atoms with van der Waals surface area (Å²) in [6, 6.07) is 6.96. The van der Waals surface area contributed by atoms with Crippen LogP contribution in [0.2, 0.25) is 0 Å². The number of benzene rings is 1. The van der Waals surface area contributed by atoms with E-state index in [0.29, 0.717) is 12.1 Å². The number of ether oxygens (including phenoxy) is 1. The zero-order chi connectivity index (χ0) is 10.8. The summed E-state index contributed by atoms with van der Waals surface area (Å²) in [5.74, 6) is 1.08. The molecule has 1 aliphatic rings. The molecule has 0 amide bonds. The standard InChI is InChI=1S/C13H19NO/c1-9-4-5-13-11(6-9)8-12(15-13)7-10(2)14-3/h4-6,10,12,14H,7-8H2,1-3H3. The van der Waals surface area contributed by atoms with Gasteiger partial charge < -0.3 is 10.1 Å². The van der Waals surface area contributed by atoms with Crippen molar-refractivity contribution in [2.24, 2.45) is 0 Å². The topological polar surface area (TPSA) is 21.3 Å². The second-order valence-electron chi connectivity index (χ2n) is 4.48. The van der Waals surface area contributed by atoms with Crippen LogP contribution in [-0.2, 0) is 6.42 Å². The van der Waals surface area contributed by atoms with Crippen molar-refractivity contribution in [3.63, 3.8) is 0 Å². The third-order valence-electron chi connectivity index (χ3n) is 3.07. The molecule has 2 unspecified atom stereocenters. The maximum absolute atomic E-state index is 5.89. The van der Waals surface area contributed by atoms with Gasteiger partial charge in [-0.2, -0.15) is 0 Å². The molecule has 0 saturated heterocycles. The fourth-order valence-corrected chi connectivity index (χ4v) is 2.09. The van der Waals surface area contributed by atoms with Gasteiger partial charge in [-0.05, 0) is 38.9 Å². The molecule has 1 aromatic carbocycles. The normalized spacial score (nSPS) is 20.9. The van der Waals surface area contributed by atoms with E-state index in [-0.39, 0.29) is 0 Å². The Kier molecular flexibility index (Phi) is 2.96. The van der Waals surface area contributed by atoms with Crippen LogP contribution in [0.4, 0.5) is 0 Å². The molecule has 0 saturated carbocycles. The molecule has 2 nitrogen and oxygen atoms in total. The summed E-state index contributed by atoms with van der Waals surface area (Å²) in [5.41, 5.74) is 2.68. The zero-order valence-corrected chi connectivity index (χ0v) is 9.71. The first-order valence-corrected chi connectivity index (χ1v) is 5.62. The van der Waals surface area contributed by atoms with Gasteiger partial charge in [-0.3, -0.25) is 0 Å². The van der Waals surface area contributed by atoms with Crippen molar-refractivity contribution in [1.29, 1.82) is 0 Å². The molecule has 1 aliphatic heterocycles. The maximum Gasteiger partial charge on any atom is 0.123 e. The number of nitrogens with one attached hydrogen (secondary N) is 1. The summed E-state index contributed by atoms with van der Waals surface area (Å²) in [5, 5.41) is 3.25. The SMILES string of the molecule is CNC(C)CC1Cc2cc(C)ccc2O1. The first-order valence-electron chi connectivity index (χ1n) is 5.62. The van der Waals surface area contributed by atoms with Gasteiger partial charge in [0.1, 0.15) is 11.9 Å². The van der Waals surface area contributed by atoms with Gasteiger partial charge >= 0.3 is 0 Å². The fourth-order valence-electron chi connectivity index (χ4n) is 2.09. The molecule has 0 aromatic heterocycles. The number of hydrogen-bond acceptors (Lipinski definition) is 2. The van der Waals surface area contributed by atoms with Crippen molar-refractivity contribution in [2.75, 3.05) is 7.05 Å². The number of fused-ring (bicyclic) bond motifs is 1. The molecule has 0 aliphatic carbocycles. The summed E-state index contributed by atoms with van der Waals surface area (Å²) in [4.78, 5) is 0. The van der Waals surface area contributed by atoms with Crippen LogP contribution < -0.4 is 10.1 Å². The molecule has 1 heterocycles. The average Bonchev–Trinajstić information content (AvgIpc) is 2.59. The van der Waals surface area contributed by atoms with Gasteiger partial charge in [0.2, 0.25) is 0 Å². The number of rotatable bonds is 3. The van der Waals surface area contributed by atoms with Crippen molar-refractivity contribution in [1.82, 2.24) is 5.32 Å². The second-order valence-corrected chi connectivity index (χ2v) is 4.48. The van der Waals surface area contributed by atoms with E-state index in [2.05, 4.69) is 37.4 Å². The van der Waals surface area contributed by atoms with Gasteiger partial charge in [0.15, 0.2) is 0 Å². The van der Waals surface area contributed by atoms with E-state index in [1.807, 2.05) is 7.05 Å². The van der Waals surface area contributed by atoms with E-state index >= 15 is 0 Å². The lowest BCUT2D eigenvalue weighted by Gasteiger charge is -2.15. The Labute approximate surface area is 91.6 Å². The highest BCUT2D eigenvalue weighted by atomic mass is 16.5. The second kappa shape index (κ2) is 4.23. The van der Waals surface area contributed by atoms with Crippen LogP contribution in [0.15, 0.2) is 18.2 Å². The largest absolute Gasteiger partial charge is 0.490 e. The smallest absolute Gasteiger partial charge is 0.123 e. The lowest BCUT2D eigenvalue weighted by Crippen LogP contribution is -2.28. The molecule has 1 N–H and O–H groups in total. The maximum atomic E-state index is 5.89. The van der Waals surface area contributed by atoms with Gasteiger partial charge in [0.05, 0.1) is 0 Å². The van der Waals surface area contributed by atoms with E-state index in [0.717, 1.165) is 18.6 Å². The van der Waals surface area contributed by atoms with Crippen molar-refractivity contribution in [3.05, 3.63) is 29.3 Å². The summed E-state index contributed by atoms with van der Waals surface area (Å²) in [6.45, 7) is 4.32. The van der Waals surface area contributed by atoms with Gasteiger partial charge in [-0.25, -0.2) is 0 Å². The summed E-state index contributed by atoms with van der Waals surface area (Å²) in [7, 11) is 2.00. The van der Waals surface area contributed by atoms with E-state index in [9.17, 15) is 0 Å². The Morgan fingerprint density at radius 2 is 2.33 bits per heavy atom. The lowest BCUT2D eigenvalue weighted by molar-refractivity contribution is 0.207. The molecule has 2 heteroatoms. The molecule has 0 bridgehead atoms. The Bertz CT molecular complexity index is 348. The minimum atomic E-state index is 0.351. The summed E-state index contributed by atoms with van der Waals surface area (Å²) < 4.78 is 5.89. The highest BCUT2D eigenvalue weighted by molar-refractivity contribution is 5.40. The summed E-state index contributed by atoms with van der Waals surface area (Å²) >= 11 is 0. The van der Waals surface area contributed by atoms with Gasteiger partial charge in [0.25, 0.3) is 0 Å². The molecule has 82 valence electrons. The fraction of sp³-hybridized carbons (Fsp3) is 0.538. The zero-order valence-electron chi connectivity index (χ0n) is 9.71. The van der Waals surface area contributed by atoms with Crippen LogP contribution >= 0.6 is 0 Å². The molecule has 0 fully saturated rings. The van der Waals surface area contributed by atoms with Gasteiger partial charge in [0, 0.05) is 12.5 Å². The molecule has 0 radical (unpaired) electrons. The monoisotopic (exact) mass is 205 g/mol. The average molecular weight is 205 g/mol. The Morgan fingerprint density at radius 3 is 3.07 bits per heavy atom. The van der Waals surface area contributed by atoms with E-state index in [1.54, 1.807) is 0 Å². The quantitative estimate of drug-likeness (QED) is 0.817. The van der Waals surface area contributed by atoms with Crippen LogP contribution in [0.25, 0.3) is 0 Å². The van der Waals surface area contributed by atoms with Crippen molar-refractivity contribution in [2.45, 2.75) is 38.8 Å². The molecule has 1 aromatic rings. The highest BCUT2D eigenvalue weighted by Crippen LogP contribution is 2.30. The highest BCUT2D eigenvalue weighted by Gasteiger charge is 2.23. The third kappa shape index (κ3) is 2.32. The number of aryl methyl sites for hydroxylation is 1. The Morgan fingerprint density at radius 1 is 1.53 bits per heavy atom. The van der Waals surface area contributed by atoms with Crippen molar-refractivity contribution >= 4 is 0 Å². The third-order valence-corrected chi connectivity index (χ3v) is 3.07. The Balaban J connectivity index is 2.03. The minimum Gasteiger partial charge on any atom is -0.490 e. The van der Waals surface area contributed by atoms with Crippen molar-refractivity contribution in [3.8, 4) is 5.75 Å². The molecular formula is C13H19NO. The van der Waals surface area contributed by atoms with Crippen molar-refractivity contribution < 1.29 is 4.74 Å². The van der Waals surface area contributed by atoms with Gasteiger partial charge in [-0.1, -0.05) is 17.7 Å². The van der Waals surface area contributed by atoms with E-state index in [1.165, 1.54) is 11.1 Å². The molecule has 15 heavy (non-hydrogen) atoms.